The number of carbonyl (C=O) groups excluding carboxylic acids is 1. The van der Waals surface area contributed by atoms with Crippen LogP contribution in [0.15, 0.2) is 66.7 Å². The van der Waals surface area contributed by atoms with Gasteiger partial charge in [-0.1, -0.05) is 48.5 Å². The molecule has 0 aliphatic carbocycles. The Bertz CT molecular complexity index is 881. The van der Waals surface area contributed by atoms with E-state index >= 15 is 0 Å². The van der Waals surface area contributed by atoms with E-state index in [1.54, 1.807) is 17.9 Å². The normalized spacial score (nSPS) is 10.4. The van der Waals surface area contributed by atoms with Crippen LogP contribution in [0, 0.1) is 6.92 Å². The highest BCUT2D eigenvalue weighted by atomic mass is 16.2. The van der Waals surface area contributed by atoms with Gasteiger partial charge in [-0.3, -0.25) is 4.79 Å². The molecule has 0 aliphatic rings. The number of amides is 1. The molecule has 0 saturated heterocycles. The number of nitrogens with zero attached hydrogens (tertiary/aromatic N) is 3. The molecule has 5 nitrogen and oxygen atoms in total. The number of nitrogens with one attached hydrogen (secondary N) is 1. The zero-order chi connectivity index (χ0) is 19.1. The monoisotopic (exact) mass is 360 g/mol. The third-order valence-corrected chi connectivity index (χ3v) is 4.25. The van der Waals surface area contributed by atoms with Gasteiger partial charge < -0.3 is 10.2 Å². The van der Waals surface area contributed by atoms with Gasteiger partial charge in [0.25, 0.3) is 5.91 Å². The summed E-state index contributed by atoms with van der Waals surface area (Å²) in [6, 6.07) is 21.6. The van der Waals surface area contributed by atoms with Crippen molar-refractivity contribution in [3.05, 3.63) is 83.8 Å². The Kier molecular flexibility index (Phi) is 6.15. The lowest BCUT2D eigenvalue weighted by atomic mass is 10.1. The summed E-state index contributed by atoms with van der Waals surface area (Å²) < 4.78 is 0. The molecular weight excluding hydrogens is 336 g/mol. The van der Waals surface area contributed by atoms with Gasteiger partial charge in [-0.15, -0.1) is 0 Å². The maximum Gasteiger partial charge on any atom is 0.277 e. The fourth-order valence-electron chi connectivity index (χ4n) is 2.94. The van der Waals surface area contributed by atoms with Crippen LogP contribution in [0.4, 0.5) is 11.5 Å². The van der Waals surface area contributed by atoms with Crippen LogP contribution in [0.1, 0.15) is 28.8 Å². The van der Waals surface area contributed by atoms with Gasteiger partial charge in [-0.25, -0.2) is 9.97 Å². The van der Waals surface area contributed by atoms with Crippen molar-refractivity contribution in [2.24, 2.45) is 0 Å². The highest BCUT2D eigenvalue weighted by Gasteiger charge is 2.18. The molecule has 0 bridgehead atoms. The number of aryl methyl sites for hydroxylation is 1. The van der Waals surface area contributed by atoms with Crippen LogP contribution < -0.4 is 10.2 Å². The van der Waals surface area contributed by atoms with Gasteiger partial charge in [-0.05, 0) is 38.0 Å². The molecule has 3 aromatic rings. The van der Waals surface area contributed by atoms with Crippen LogP contribution >= 0.6 is 0 Å². The molecule has 1 N–H and O–H groups in total. The van der Waals surface area contributed by atoms with Crippen molar-refractivity contribution >= 4 is 17.4 Å². The quantitative estimate of drug-likeness (QED) is 0.689. The molecule has 0 radical (unpaired) electrons. The molecule has 1 amide bonds. The molecule has 0 unspecified atom stereocenters. The zero-order valence-corrected chi connectivity index (χ0v) is 15.7. The van der Waals surface area contributed by atoms with Crippen LogP contribution in [0.2, 0.25) is 0 Å². The first-order valence-corrected chi connectivity index (χ1v) is 9.17. The summed E-state index contributed by atoms with van der Waals surface area (Å²) in [6.07, 6.45) is 0.887. The van der Waals surface area contributed by atoms with Gasteiger partial charge in [0.1, 0.15) is 17.3 Å². The molecule has 0 spiro atoms. The Morgan fingerprint density at radius 2 is 1.67 bits per heavy atom. The Balaban J connectivity index is 1.73. The number of anilines is 2. The first-order valence-electron chi connectivity index (χ1n) is 9.17. The lowest BCUT2D eigenvalue weighted by molar-refractivity contribution is 0.0983. The molecule has 5 heteroatoms. The van der Waals surface area contributed by atoms with Gasteiger partial charge in [0, 0.05) is 24.8 Å². The van der Waals surface area contributed by atoms with E-state index in [4.69, 9.17) is 0 Å². The molecule has 0 saturated carbocycles. The van der Waals surface area contributed by atoms with Crippen molar-refractivity contribution in [2.45, 2.75) is 20.3 Å². The van der Waals surface area contributed by atoms with E-state index in [0.717, 1.165) is 18.7 Å². The van der Waals surface area contributed by atoms with Gasteiger partial charge in [-0.2, -0.15) is 0 Å². The average Bonchev–Trinajstić information content (AvgIpc) is 2.70. The first-order chi connectivity index (χ1) is 13.2. The lowest BCUT2D eigenvalue weighted by Crippen LogP contribution is -2.31. The van der Waals surface area contributed by atoms with E-state index in [2.05, 4.69) is 27.4 Å². The predicted octanol–water partition coefficient (Wildman–Crippen LogP) is 4.11. The van der Waals surface area contributed by atoms with Gasteiger partial charge >= 0.3 is 0 Å². The van der Waals surface area contributed by atoms with Crippen molar-refractivity contribution < 1.29 is 4.79 Å². The smallest absolute Gasteiger partial charge is 0.277 e. The summed E-state index contributed by atoms with van der Waals surface area (Å²) in [5, 5.41) is 3.30. The molecule has 27 heavy (non-hydrogen) atoms. The Morgan fingerprint density at radius 3 is 2.33 bits per heavy atom. The summed E-state index contributed by atoms with van der Waals surface area (Å²) >= 11 is 0. The SMILES string of the molecule is CCN(C(=O)c1cc(NCCc2ccccc2)nc(C)n1)c1ccccc1. The largest absolute Gasteiger partial charge is 0.370 e. The van der Waals surface area contributed by atoms with Gasteiger partial charge in [0.05, 0.1) is 0 Å². The molecule has 1 aromatic heterocycles. The maximum absolute atomic E-state index is 13.0. The third-order valence-electron chi connectivity index (χ3n) is 4.25. The van der Waals surface area contributed by atoms with Crippen molar-refractivity contribution in [1.82, 2.24) is 9.97 Å². The number of hydrogen-bond acceptors (Lipinski definition) is 4. The summed E-state index contributed by atoms with van der Waals surface area (Å²) in [4.78, 5) is 23.5. The van der Waals surface area contributed by atoms with Crippen molar-refractivity contribution in [3.63, 3.8) is 0 Å². The fraction of sp³-hybridized carbons (Fsp3) is 0.227. The summed E-state index contributed by atoms with van der Waals surface area (Å²) in [7, 11) is 0. The molecule has 2 aromatic carbocycles. The Labute approximate surface area is 160 Å². The van der Waals surface area contributed by atoms with Crippen LogP contribution in [0.3, 0.4) is 0 Å². The number of benzene rings is 2. The number of hydrogen-bond donors (Lipinski definition) is 1. The summed E-state index contributed by atoms with van der Waals surface area (Å²) in [5.41, 5.74) is 2.52. The fourth-order valence-corrected chi connectivity index (χ4v) is 2.94. The number of para-hydroxylation sites is 1. The molecule has 0 fully saturated rings. The lowest BCUT2D eigenvalue weighted by Gasteiger charge is -2.21. The molecule has 1 heterocycles. The van der Waals surface area contributed by atoms with Crippen LogP contribution in [-0.4, -0.2) is 29.0 Å². The molecule has 0 aliphatic heterocycles. The second-order valence-corrected chi connectivity index (χ2v) is 6.23. The second-order valence-electron chi connectivity index (χ2n) is 6.23. The van der Waals surface area contributed by atoms with Gasteiger partial charge in [0.15, 0.2) is 0 Å². The number of carbonyl (C=O) groups is 1. The van der Waals surface area contributed by atoms with Crippen LogP contribution in [0.5, 0.6) is 0 Å². The van der Waals surface area contributed by atoms with Crippen LogP contribution in [-0.2, 0) is 6.42 Å². The minimum absolute atomic E-state index is 0.125. The Morgan fingerprint density at radius 1 is 1.00 bits per heavy atom. The van der Waals surface area contributed by atoms with E-state index in [0.29, 0.717) is 23.9 Å². The molecular formula is C22H24N4O. The third kappa shape index (κ3) is 4.91. The van der Waals surface area contributed by atoms with Crippen molar-refractivity contribution in [2.75, 3.05) is 23.3 Å². The van der Waals surface area contributed by atoms with E-state index in [-0.39, 0.29) is 5.91 Å². The highest BCUT2D eigenvalue weighted by Crippen LogP contribution is 2.17. The van der Waals surface area contributed by atoms with E-state index in [1.807, 2.05) is 55.5 Å². The highest BCUT2D eigenvalue weighted by molar-refractivity contribution is 6.05. The van der Waals surface area contributed by atoms with Crippen molar-refractivity contribution in [3.8, 4) is 0 Å². The minimum Gasteiger partial charge on any atom is -0.370 e. The maximum atomic E-state index is 13.0. The molecule has 138 valence electrons. The number of aromatic nitrogens is 2. The summed E-state index contributed by atoms with van der Waals surface area (Å²) in [6.45, 7) is 5.07. The van der Waals surface area contributed by atoms with E-state index in [9.17, 15) is 4.79 Å². The van der Waals surface area contributed by atoms with Crippen LogP contribution in [0.25, 0.3) is 0 Å². The zero-order valence-electron chi connectivity index (χ0n) is 15.7. The number of rotatable bonds is 7. The van der Waals surface area contributed by atoms with E-state index < -0.39 is 0 Å². The standard InChI is InChI=1S/C22H24N4O/c1-3-26(19-12-8-5-9-13-19)22(27)20-16-21(25-17(2)24-20)23-15-14-18-10-6-4-7-11-18/h4-13,16H,3,14-15H2,1-2H3,(H,23,24,25). The van der Waals surface area contributed by atoms with E-state index in [1.165, 1.54) is 5.56 Å². The molecule has 0 atom stereocenters. The summed E-state index contributed by atoms with van der Waals surface area (Å²) in [5.74, 6) is 1.12. The minimum atomic E-state index is -0.125. The molecule has 3 rings (SSSR count). The van der Waals surface area contributed by atoms with Gasteiger partial charge in [0.2, 0.25) is 0 Å². The predicted molar refractivity (Wildman–Crippen MR) is 109 cm³/mol. The topological polar surface area (TPSA) is 58.1 Å². The average molecular weight is 360 g/mol. The second kappa shape index (κ2) is 8.94. The van der Waals surface area contributed by atoms with Crippen molar-refractivity contribution in [1.29, 1.82) is 0 Å². The first kappa shape index (κ1) is 18.6. The Hall–Kier alpha value is -3.21.